The van der Waals surface area contributed by atoms with Gasteiger partial charge in [-0.15, -0.1) is 0 Å². The minimum Gasteiger partial charge on any atom is -0.322 e. The number of hydrogen-bond acceptors (Lipinski definition) is 1. The number of hydrogen-bond donors (Lipinski definition) is 1. The van der Waals surface area contributed by atoms with Crippen molar-refractivity contribution in [1.82, 2.24) is 0 Å². The molecular weight excluding hydrogens is 434 g/mol. The number of alkyl halides is 5. The fourth-order valence-corrected chi connectivity index (χ4v) is 2.91. The van der Waals surface area contributed by atoms with E-state index in [1.807, 2.05) is 5.32 Å². The van der Waals surface area contributed by atoms with Crippen LogP contribution in [0.15, 0.2) is 60.7 Å². The highest BCUT2D eigenvalue weighted by atomic mass is 19.4. The molecule has 2 nitrogen and oxygen atoms in total. The van der Waals surface area contributed by atoms with E-state index in [4.69, 9.17) is 0 Å². The SMILES string of the molecule is O=C(Nc1ccc(C(F)(F)c2ccccc2C(F)(F)F)c(F)c1)c1c(F)cccc1F. The van der Waals surface area contributed by atoms with Gasteiger partial charge in [0, 0.05) is 11.3 Å². The van der Waals surface area contributed by atoms with Crippen molar-refractivity contribution in [2.45, 2.75) is 12.1 Å². The van der Waals surface area contributed by atoms with Crippen molar-refractivity contribution in [3.63, 3.8) is 0 Å². The second-order valence-electron chi connectivity index (χ2n) is 6.36. The topological polar surface area (TPSA) is 29.1 Å². The maximum absolute atomic E-state index is 14.8. The lowest BCUT2D eigenvalue weighted by Crippen LogP contribution is -2.23. The summed E-state index contributed by atoms with van der Waals surface area (Å²) < 4.78 is 111. The van der Waals surface area contributed by atoms with Crippen molar-refractivity contribution >= 4 is 11.6 Å². The van der Waals surface area contributed by atoms with Gasteiger partial charge in [-0.05, 0) is 36.4 Å². The van der Waals surface area contributed by atoms with Crippen LogP contribution >= 0.6 is 0 Å². The average Bonchev–Trinajstić information content (AvgIpc) is 2.67. The summed E-state index contributed by atoms with van der Waals surface area (Å²) in [6, 6.07) is 7.13. The summed E-state index contributed by atoms with van der Waals surface area (Å²) in [7, 11) is 0. The molecule has 0 aliphatic rings. The molecule has 1 amide bonds. The van der Waals surface area contributed by atoms with Gasteiger partial charge < -0.3 is 5.32 Å². The van der Waals surface area contributed by atoms with E-state index >= 15 is 0 Å². The van der Waals surface area contributed by atoms with E-state index in [-0.39, 0.29) is 0 Å². The molecule has 3 aromatic rings. The third kappa shape index (κ3) is 4.37. The van der Waals surface area contributed by atoms with Crippen molar-refractivity contribution in [2.75, 3.05) is 5.32 Å². The Kier molecular flexibility index (Phi) is 5.75. The first-order valence-electron chi connectivity index (χ1n) is 8.53. The fraction of sp³-hybridized carbons (Fsp3) is 0.0952. The Bertz CT molecular complexity index is 1120. The minimum absolute atomic E-state index is 0.413. The highest BCUT2D eigenvalue weighted by molar-refractivity contribution is 6.04. The predicted octanol–water partition coefficient (Wildman–Crippen LogP) is 6.52. The van der Waals surface area contributed by atoms with E-state index in [2.05, 4.69) is 0 Å². The summed E-state index contributed by atoms with van der Waals surface area (Å²) >= 11 is 0. The van der Waals surface area contributed by atoms with E-state index in [1.165, 1.54) is 0 Å². The van der Waals surface area contributed by atoms with E-state index < -0.39 is 63.4 Å². The first-order chi connectivity index (χ1) is 14.4. The third-order valence-electron chi connectivity index (χ3n) is 4.33. The number of amides is 1. The number of carbonyl (C=O) groups excluding carboxylic acids is 1. The number of carbonyl (C=O) groups is 1. The molecule has 0 unspecified atom stereocenters. The highest BCUT2D eigenvalue weighted by Crippen LogP contribution is 2.44. The lowest BCUT2D eigenvalue weighted by Gasteiger charge is -2.22. The molecule has 10 heteroatoms. The minimum atomic E-state index is -5.10. The van der Waals surface area contributed by atoms with Crippen LogP contribution in [0.5, 0.6) is 0 Å². The summed E-state index contributed by atoms with van der Waals surface area (Å²) in [5.74, 6) is -9.71. The predicted molar refractivity (Wildman–Crippen MR) is 95.2 cm³/mol. The molecule has 0 saturated carbocycles. The molecule has 3 rings (SSSR count). The summed E-state index contributed by atoms with van der Waals surface area (Å²) in [6.45, 7) is 0. The van der Waals surface area contributed by atoms with Crippen molar-refractivity contribution in [1.29, 1.82) is 0 Å². The van der Waals surface area contributed by atoms with Crippen LogP contribution in [0.25, 0.3) is 0 Å². The number of benzene rings is 3. The highest BCUT2D eigenvalue weighted by Gasteiger charge is 2.44. The van der Waals surface area contributed by atoms with Gasteiger partial charge >= 0.3 is 12.1 Å². The quantitative estimate of drug-likeness (QED) is 0.456. The van der Waals surface area contributed by atoms with E-state index in [1.54, 1.807) is 0 Å². The summed E-state index contributed by atoms with van der Waals surface area (Å²) in [5.41, 5.74) is -5.87. The molecule has 0 bridgehead atoms. The first-order valence-corrected chi connectivity index (χ1v) is 8.53. The molecule has 162 valence electrons. The van der Waals surface area contributed by atoms with E-state index in [0.29, 0.717) is 24.3 Å². The number of rotatable bonds is 4. The molecule has 0 saturated heterocycles. The second-order valence-corrected chi connectivity index (χ2v) is 6.36. The van der Waals surface area contributed by atoms with Crippen LogP contribution in [-0.4, -0.2) is 5.91 Å². The van der Waals surface area contributed by atoms with Crippen molar-refractivity contribution in [3.05, 3.63) is 100 Å². The smallest absolute Gasteiger partial charge is 0.322 e. The average molecular weight is 445 g/mol. The Morgan fingerprint density at radius 3 is 1.81 bits per heavy atom. The van der Waals surface area contributed by atoms with Crippen LogP contribution < -0.4 is 5.32 Å². The fourth-order valence-electron chi connectivity index (χ4n) is 2.91. The molecular formula is C21H11F8NO. The molecule has 0 atom stereocenters. The first kappa shape index (κ1) is 22.3. The third-order valence-corrected chi connectivity index (χ3v) is 4.33. The largest absolute Gasteiger partial charge is 0.416 e. The molecule has 0 aromatic heterocycles. The zero-order chi connectivity index (χ0) is 23.0. The van der Waals surface area contributed by atoms with Crippen molar-refractivity contribution in [2.24, 2.45) is 0 Å². The van der Waals surface area contributed by atoms with Gasteiger partial charge in [0.2, 0.25) is 0 Å². The van der Waals surface area contributed by atoms with Gasteiger partial charge in [-0.25, -0.2) is 13.2 Å². The van der Waals surface area contributed by atoms with Crippen molar-refractivity contribution in [3.8, 4) is 0 Å². The molecule has 0 aliphatic heterocycles. The number of nitrogens with one attached hydrogen (secondary N) is 1. The Morgan fingerprint density at radius 1 is 0.677 bits per heavy atom. The molecule has 0 radical (unpaired) electrons. The van der Waals surface area contributed by atoms with Crippen LogP contribution in [0, 0.1) is 17.5 Å². The molecule has 0 fully saturated rings. The Balaban J connectivity index is 1.95. The van der Waals surface area contributed by atoms with Crippen LogP contribution in [0.2, 0.25) is 0 Å². The molecule has 0 spiro atoms. The van der Waals surface area contributed by atoms with Crippen LogP contribution in [-0.2, 0) is 12.1 Å². The molecule has 31 heavy (non-hydrogen) atoms. The van der Waals surface area contributed by atoms with Crippen LogP contribution in [0.1, 0.15) is 27.0 Å². The van der Waals surface area contributed by atoms with Gasteiger partial charge in [-0.1, -0.05) is 24.3 Å². The summed E-state index contributed by atoms with van der Waals surface area (Å²) in [4.78, 5) is 12.0. The Labute approximate surface area is 170 Å². The molecule has 1 N–H and O–H groups in total. The molecule has 3 aromatic carbocycles. The van der Waals surface area contributed by atoms with Crippen LogP contribution in [0.3, 0.4) is 0 Å². The van der Waals surface area contributed by atoms with Gasteiger partial charge in [-0.3, -0.25) is 4.79 Å². The second kappa shape index (κ2) is 8.01. The lowest BCUT2D eigenvalue weighted by atomic mass is 9.95. The zero-order valence-corrected chi connectivity index (χ0v) is 15.2. The standard InChI is InChI=1S/C21H11F8NO/c22-15-6-3-7-16(23)18(15)19(31)30-11-8-9-14(17(24)10-11)20(25,26)12-4-1-2-5-13(12)21(27,28)29/h1-10H,(H,30,31). The van der Waals surface area contributed by atoms with Crippen LogP contribution in [0.4, 0.5) is 40.8 Å². The summed E-state index contributed by atoms with van der Waals surface area (Å²) in [5, 5.41) is 1.95. The maximum Gasteiger partial charge on any atom is 0.416 e. The molecule has 0 aliphatic carbocycles. The summed E-state index contributed by atoms with van der Waals surface area (Å²) in [6.07, 6.45) is -5.10. The lowest BCUT2D eigenvalue weighted by molar-refractivity contribution is -0.141. The molecule has 0 heterocycles. The van der Waals surface area contributed by atoms with Gasteiger partial charge in [0.1, 0.15) is 23.0 Å². The Morgan fingerprint density at radius 2 is 1.26 bits per heavy atom. The van der Waals surface area contributed by atoms with Gasteiger partial charge in [-0.2, -0.15) is 22.0 Å². The number of halogens is 8. The normalized spacial score (nSPS) is 12.0. The maximum atomic E-state index is 14.8. The zero-order valence-electron chi connectivity index (χ0n) is 15.2. The van der Waals surface area contributed by atoms with E-state index in [9.17, 15) is 39.9 Å². The van der Waals surface area contributed by atoms with Gasteiger partial charge in [0.25, 0.3) is 5.91 Å². The van der Waals surface area contributed by atoms with E-state index in [0.717, 1.165) is 36.4 Å². The van der Waals surface area contributed by atoms with Crippen molar-refractivity contribution < 1.29 is 39.9 Å². The van der Waals surface area contributed by atoms with Gasteiger partial charge in [0.15, 0.2) is 0 Å². The monoisotopic (exact) mass is 445 g/mol. The number of anilines is 1. The van der Waals surface area contributed by atoms with Gasteiger partial charge in [0.05, 0.1) is 11.1 Å². The Hall–Kier alpha value is -3.43.